The molecule has 5 rings (SSSR count). The first-order valence-corrected chi connectivity index (χ1v) is 9.98. The highest BCUT2D eigenvalue weighted by molar-refractivity contribution is 5.99. The first-order chi connectivity index (χ1) is 13.8. The number of hydrogen-bond acceptors (Lipinski definition) is 4. The first-order valence-electron chi connectivity index (χ1n) is 9.98. The van der Waals surface area contributed by atoms with Crippen LogP contribution in [0.3, 0.4) is 0 Å². The number of aromatic amines is 2. The number of anilines is 1. The first kappa shape index (κ1) is 17.0. The molecule has 1 saturated heterocycles. The molecule has 144 valence electrons. The van der Waals surface area contributed by atoms with Gasteiger partial charge in [0.25, 0.3) is 5.91 Å². The van der Waals surface area contributed by atoms with Gasteiger partial charge < -0.3 is 10.2 Å². The SMILES string of the molecule is O=C(NC1CCN(c2cc(C3CC3)[nH]n2)CC1)c1cn[nH]c1-c1ccccc1. The Labute approximate surface area is 163 Å². The van der Waals surface area contributed by atoms with Crippen LogP contribution in [0.4, 0.5) is 5.82 Å². The molecule has 3 heterocycles. The molecule has 0 unspecified atom stereocenters. The summed E-state index contributed by atoms with van der Waals surface area (Å²) in [5.74, 6) is 1.65. The Hall–Kier alpha value is -3.09. The van der Waals surface area contributed by atoms with Crippen LogP contribution < -0.4 is 10.2 Å². The highest BCUT2D eigenvalue weighted by atomic mass is 16.1. The lowest BCUT2D eigenvalue weighted by molar-refractivity contribution is 0.0932. The van der Waals surface area contributed by atoms with Gasteiger partial charge in [-0.3, -0.25) is 15.0 Å². The molecule has 0 bridgehead atoms. The average Bonchev–Trinajstić information content (AvgIpc) is 3.27. The summed E-state index contributed by atoms with van der Waals surface area (Å²) in [5.41, 5.74) is 3.58. The fraction of sp³-hybridized carbons (Fsp3) is 0.381. The zero-order chi connectivity index (χ0) is 18.9. The second kappa shape index (κ2) is 7.14. The van der Waals surface area contributed by atoms with Crippen molar-refractivity contribution in [3.63, 3.8) is 0 Å². The quantitative estimate of drug-likeness (QED) is 0.638. The third-order valence-corrected chi connectivity index (χ3v) is 5.70. The van der Waals surface area contributed by atoms with Gasteiger partial charge in [-0.15, -0.1) is 0 Å². The van der Waals surface area contributed by atoms with Gasteiger partial charge in [0.15, 0.2) is 5.82 Å². The van der Waals surface area contributed by atoms with Crippen LogP contribution in [0.25, 0.3) is 11.3 Å². The number of aromatic nitrogens is 4. The molecule has 28 heavy (non-hydrogen) atoms. The van der Waals surface area contributed by atoms with E-state index in [2.05, 4.69) is 36.7 Å². The van der Waals surface area contributed by atoms with Crippen molar-refractivity contribution in [1.29, 1.82) is 0 Å². The molecular weight excluding hydrogens is 352 g/mol. The number of piperidine rings is 1. The third kappa shape index (κ3) is 3.40. The standard InChI is InChI=1S/C21H24N6O/c28-21(17-13-22-26-20(17)15-4-2-1-3-5-15)23-16-8-10-27(11-9-16)19-12-18(24-25-19)14-6-7-14/h1-5,12-14,16H,6-11H2,(H,22,26)(H,23,28)(H,24,25). The molecule has 3 aromatic rings. The van der Waals surface area contributed by atoms with Crippen molar-refractivity contribution in [2.24, 2.45) is 0 Å². The van der Waals surface area contributed by atoms with Gasteiger partial charge in [-0.2, -0.15) is 10.2 Å². The number of nitrogens with zero attached hydrogens (tertiary/aromatic N) is 3. The van der Waals surface area contributed by atoms with Gasteiger partial charge in [0.05, 0.1) is 17.5 Å². The maximum atomic E-state index is 12.8. The third-order valence-electron chi connectivity index (χ3n) is 5.70. The highest BCUT2D eigenvalue weighted by Crippen LogP contribution is 2.40. The van der Waals surface area contributed by atoms with E-state index in [1.165, 1.54) is 18.5 Å². The molecule has 1 aliphatic heterocycles. The van der Waals surface area contributed by atoms with Crippen LogP contribution in [-0.2, 0) is 0 Å². The molecule has 0 atom stereocenters. The van der Waals surface area contributed by atoms with Crippen molar-refractivity contribution in [3.05, 3.63) is 53.9 Å². The van der Waals surface area contributed by atoms with Crippen LogP contribution in [0.15, 0.2) is 42.6 Å². The number of hydrogen-bond donors (Lipinski definition) is 3. The summed E-state index contributed by atoms with van der Waals surface area (Å²) in [6, 6.07) is 12.2. The van der Waals surface area contributed by atoms with Crippen LogP contribution in [0.2, 0.25) is 0 Å². The Morgan fingerprint density at radius 1 is 1.07 bits per heavy atom. The summed E-state index contributed by atoms with van der Waals surface area (Å²) in [6.45, 7) is 1.80. The van der Waals surface area contributed by atoms with E-state index in [9.17, 15) is 4.79 Å². The predicted octanol–water partition coefficient (Wildman–Crippen LogP) is 3.08. The Morgan fingerprint density at radius 2 is 1.86 bits per heavy atom. The van der Waals surface area contributed by atoms with Crippen molar-refractivity contribution < 1.29 is 4.79 Å². The molecule has 2 fully saturated rings. The molecule has 7 nitrogen and oxygen atoms in total. The van der Waals surface area contributed by atoms with E-state index in [1.54, 1.807) is 6.20 Å². The Morgan fingerprint density at radius 3 is 2.61 bits per heavy atom. The van der Waals surface area contributed by atoms with E-state index in [-0.39, 0.29) is 11.9 Å². The fourth-order valence-electron chi connectivity index (χ4n) is 3.89. The second-order valence-corrected chi connectivity index (χ2v) is 7.72. The molecule has 7 heteroatoms. The van der Waals surface area contributed by atoms with E-state index in [0.717, 1.165) is 43.0 Å². The molecule has 1 saturated carbocycles. The van der Waals surface area contributed by atoms with Gasteiger partial charge >= 0.3 is 0 Å². The lowest BCUT2D eigenvalue weighted by atomic mass is 10.0. The Balaban J connectivity index is 1.20. The molecule has 2 aromatic heterocycles. The van der Waals surface area contributed by atoms with Crippen LogP contribution >= 0.6 is 0 Å². The van der Waals surface area contributed by atoms with Crippen LogP contribution in [-0.4, -0.2) is 45.4 Å². The van der Waals surface area contributed by atoms with Crippen LogP contribution in [0, 0.1) is 0 Å². The molecule has 2 aliphatic rings. The minimum Gasteiger partial charge on any atom is -0.355 e. The predicted molar refractivity (Wildman–Crippen MR) is 107 cm³/mol. The molecule has 0 radical (unpaired) electrons. The van der Waals surface area contributed by atoms with Gasteiger partial charge in [-0.1, -0.05) is 30.3 Å². The molecular formula is C21H24N6O. The Kier molecular flexibility index (Phi) is 4.35. The second-order valence-electron chi connectivity index (χ2n) is 7.72. The lowest BCUT2D eigenvalue weighted by Crippen LogP contribution is -2.44. The number of carbonyl (C=O) groups is 1. The highest BCUT2D eigenvalue weighted by Gasteiger charge is 2.28. The maximum absolute atomic E-state index is 12.8. The van der Waals surface area contributed by atoms with Crippen LogP contribution in [0.1, 0.15) is 47.7 Å². The normalized spacial score (nSPS) is 17.6. The van der Waals surface area contributed by atoms with Crippen molar-refractivity contribution in [2.75, 3.05) is 18.0 Å². The number of benzene rings is 1. The largest absolute Gasteiger partial charge is 0.355 e. The van der Waals surface area contributed by atoms with E-state index in [0.29, 0.717) is 11.5 Å². The van der Waals surface area contributed by atoms with Crippen molar-refractivity contribution in [3.8, 4) is 11.3 Å². The van der Waals surface area contributed by atoms with Gasteiger partial charge in [-0.05, 0) is 25.7 Å². The maximum Gasteiger partial charge on any atom is 0.255 e. The van der Waals surface area contributed by atoms with Crippen molar-refractivity contribution in [1.82, 2.24) is 25.7 Å². The Bertz CT molecular complexity index is 950. The van der Waals surface area contributed by atoms with Gasteiger partial charge in [0, 0.05) is 42.4 Å². The summed E-state index contributed by atoms with van der Waals surface area (Å²) in [6.07, 6.45) is 5.98. The number of amides is 1. The number of H-pyrrole nitrogens is 2. The molecule has 0 spiro atoms. The van der Waals surface area contributed by atoms with Gasteiger partial charge in [0.2, 0.25) is 0 Å². The average molecular weight is 376 g/mol. The molecule has 1 aromatic carbocycles. The number of rotatable bonds is 5. The summed E-state index contributed by atoms with van der Waals surface area (Å²) in [4.78, 5) is 15.1. The summed E-state index contributed by atoms with van der Waals surface area (Å²) in [5, 5.41) is 17.9. The lowest BCUT2D eigenvalue weighted by Gasteiger charge is -2.32. The summed E-state index contributed by atoms with van der Waals surface area (Å²) < 4.78 is 0. The van der Waals surface area contributed by atoms with E-state index in [1.807, 2.05) is 30.3 Å². The van der Waals surface area contributed by atoms with Crippen molar-refractivity contribution >= 4 is 11.7 Å². The van der Waals surface area contributed by atoms with Gasteiger partial charge in [0.1, 0.15) is 0 Å². The number of carbonyl (C=O) groups excluding carboxylic acids is 1. The minimum absolute atomic E-state index is 0.0677. The van der Waals surface area contributed by atoms with Gasteiger partial charge in [-0.25, -0.2) is 0 Å². The van der Waals surface area contributed by atoms with Crippen molar-refractivity contribution in [2.45, 2.75) is 37.6 Å². The zero-order valence-electron chi connectivity index (χ0n) is 15.7. The van der Waals surface area contributed by atoms with E-state index < -0.39 is 0 Å². The zero-order valence-corrected chi connectivity index (χ0v) is 15.7. The van der Waals surface area contributed by atoms with E-state index in [4.69, 9.17) is 0 Å². The topological polar surface area (TPSA) is 89.7 Å². The molecule has 1 amide bonds. The van der Waals surface area contributed by atoms with E-state index >= 15 is 0 Å². The summed E-state index contributed by atoms with van der Waals surface area (Å²) >= 11 is 0. The monoisotopic (exact) mass is 376 g/mol. The number of nitrogens with one attached hydrogen (secondary N) is 3. The minimum atomic E-state index is -0.0677. The van der Waals surface area contributed by atoms with Crippen LogP contribution in [0.5, 0.6) is 0 Å². The summed E-state index contributed by atoms with van der Waals surface area (Å²) in [7, 11) is 0. The fourth-order valence-corrected chi connectivity index (χ4v) is 3.89. The molecule has 3 N–H and O–H groups in total. The molecule has 1 aliphatic carbocycles. The smallest absolute Gasteiger partial charge is 0.255 e.